The molecule has 0 aliphatic rings. The predicted octanol–water partition coefficient (Wildman–Crippen LogP) is 2.57. The van der Waals surface area contributed by atoms with Gasteiger partial charge >= 0.3 is 0 Å². The summed E-state index contributed by atoms with van der Waals surface area (Å²) in [5.74, 6) is -0.736. The Bertz CT molecular complexity index is 456. The SMILES string of the molecule is CC(C#N)N(C)C(=O)c1ccc(F)cc1Br. The van der Waals surface area contributed by atoms with Gasteiger partial charge in [-0.2, -0.15) is 5.26 Å². The van der Waals surface area contributed by atoms with Crippen LogP contribution in [0.25, 0.3) is 0 Å². The van der Waals surface area contributed by atoms with Gasteiger partial charge in [-0.05, 0) is 41.1 Å². The van der Waals surface area contributed by atoms with E-state index in [1.54, 1.807) is 6.92 Å². The fraction of sp³-hybridized carbons (Fsp3) is 0.273. The number of nitriles is 1. The van der Waals surface area contributed by atoms with Crippen LogP contribution in [0.3, 0.4) is 0 Å². The van der Waals surface area contributed by atoms with Crippen LogP contribution in [0.2, 0.25) is 0 Å². The van der Waals surface area contributed by atoms with E-state index in [0.29, 0.717) is 10.0 Å². The lowest BCUT2D eigenvalue weighted by Crippen LogP contribution is -2.34. The molecule has 0 fully saturated rings. The zero-order valence-electron chi connectivity index (χ0n) is 8.87. The molecule has 1 aromatic carbocycles. The lowest BCUT2D eigenvalue weighted by molar-refractivity contribution is 0.0772. The van der Waals surface area contributed by atoms with E-state index in [-0.39, 0.29) is 5.91 Å². The first kappa shape index (κ1) is 12.7. The number of carbonyl (C=O) groups excluding carboxylic acids is 1. The van der Waals surface area contributed by atoms with Crippen LogP contribution in [0.4, 0.5) is 4.39 Å². The van der Waals surface area contributed by atoms with Crippen molar-refractivity contribution in [1.82, 2.24) is 4.90 Å². The van der Waals surface area contributed by atoms with E-state index in [2.05, 4.69) is 15.9 Å². The Kier molecular flexibility index (Phi) is 4.02. The van der Waals surface area contributed by atoms with Crippen molar-refractivity contribution in [1.29, 1.82) is 5.26 Å². The minimum Gasteiger partial charge on any atom is -0.326 e. The van der Waals surface area contributed by atoms with Crippen molar-refractivity contribution in [2.45, 2.75) is 13.0 Å². The summed E-state index contributed by atoms with van der Waals surface area (Å²) in [4.78, 5) is 13.2. The van der Waals surface area contributed by atoms with E-state index in [1.165, 1.54) is 30.1 Å². The molecule has 1 aromatic rings. The Hall–Kier alpha value is -1.41. The van der Waals surface area contributed by atoms with Crippen molar-refractivity contribution >= 4 is 21.8 Å². The van der Waals surface area contributed by atoms with Crippen LogP contribution >= 0.6 is 15.9 Å². The van der Waals surface area contributed by atoms with Crippen molar-refractivity contribution in [2.24, 2.45) is 0 Å². The first-order valence-corrected chi connectivity index (χ1v) is 5.38. The van der Waals surface area contributed by atoms with Gasteiger partial charge in [0.05, 0.1) is 11.6 Å². The second-order valence-electron chi connectivity index (χ2n) is 3.35. The number of nitrogens with zero attached hydrogens (tertiary/aromatic N) is 2. The molecule has 0 N–H and O–H groups in total. The molecule has 0 aromatic heterocycles. The summed E-state index contributed by atoms with van der Waals surface area (Å²) in [6.45, 7) is 1.62. The Balaban J connectivity index is 3.02. The number of carbonyl (C=O) groups is 1. The summed E-state index contributed by atoms with van der Waals surface area (Å²) < 4.78 is 13.2. The molecule has 1 rings (SSSR count). The van der Waals surface area contributed by atoms with Gasteiger partial charge in [0, 0.05) is 11.5 Å². The van der Waals surface area contributed by atoms with Gasteiger partial charge in [0.1, 0.15) is 11.9 Å². The molecule has 0 aliphatic carbocycles. The van der Waals surface area contributed by atoms with E-state index >= 15 is 0 Å². The smallest absolute Gasteiger partial charge is 0.255 e. The van der Waals surface area contributed by atoms with Crippen LogP contribution in [-0.2, 0) is 0 Å². The highest BCUT2D eigenvalue weighted by Gasteiger charge is 2.19. The van der Waals surface area contributed by atoms with Crippen LogP contribution in [0.15, 0.2) is 22.7 Å². The summed E-state index contributed by atoms with van der Waals surface area (Å²) in [6, 6.07) is 5.26. The van der Waals surface area contributed by atoms with Crippen molar-refractivity contribution in [3.05, 3.63) is 34.1 Å². The molecular weight excluding hydrogens is 275 g/mol. The number of rotatable bonds is 2. The standard InChI is InChI=1S/C11H10BrFN2O/c1-7(6-14)15(2)11(16)9-4-3-8(13)5-10(9)12/h3-5,7H,1-2H3. The van der Waals surface area contributed by atoms with Gasteiger partial charge in [0.2, 0.25) is 0 Å². The number of hydrogen-bond donors (Lipinski definition) is 0. The first-order valence-electron chi connectivity index (χ1n) is 4.59. The minimum absolute atomic E-state index is 0.319. The Labute approximate surface area is 102 Å². The summed E-state index contributed by atoms with van der Waals surface area (Å²) in [5, 5.41) is 8.70. The second kappa shape index (κ2) is 5.08. The number of halogens is 2. The summed E-state index contributed by atoms with van der Waals surface area (Å²) in [7, 11) is 1.53. The Morgan fingerprint density at radius 3 is 2.75 bits per heavy atom. The molecule has 0 heterocycles. The van der Waals surface area contributed by atoms with Gasteiger partial charge in [-0.15, -0.1) is 0 Å². The maximum Gasteiger partial charge on any atom is 0.255 e. The van der Waals surface area contributed by atoms with Crippen LogP contribution in [0, 0.1) is 17.1 Å². The van der Waals surface area contributed by atoms with E-state index in [1.807, 2.05) is 6.07 Å². The third-order valence-electron chi connectivity index (χ3n) is 2.25. The van der Waals surface area contributed by atoms with Crippen molar-refractivity contribution < 1.29 is 9.18 Å². The van der Waals surface area contributed by atoms with Crippen molar-refractivity contribution in [3.63, 3.8) is 0 Å². The Morgan fingerprint density at radius 2 is 2.25 bits per heavy atom. The normalized spacial score (nSPS) is 11.7. The highest BCUT2D eigenvalue weighted by molar-refractivity contribution is 9.10. The van der Waals surface area contributed by atoms with Crippen LogP contribution in [-0.4, -0.2) is 23.9 Å². The van der Waals surface area contributed by atoms with Gasteiger partial charge in [-0.3, -0.25) is 4.79 Å². The Morgan fingerprint density at radius 1 is 1.62 bits per heavy atom. The van der Waals surface area contributed by atoms with Gasteiger partial charge in [-0.1, -0.05) is 0 Å². The van der Waals surface area contributed by atoms with Gasteiger partial charge in [0.15, 0.2) is 0 Å². The number of benzene rings is 1. The lowest BCUT2D eigenvalue weighted by atomic mass is 10.2. The quantitative estimate of drug-likeness (QED) is 0.838. The summed E-state index contributed by atoms with van der Waals surface area (Å²) in [6.07, 6.45) is 0. The third-order valence-corrected chi connectivity index (χ3v) is 2.91. The van der Waals surface area contributed by atoms with Gasteiger partial charge < -0.3 is 4.90 Å². The van der Waals surface area contributed by atoms with E-state index < -0.39 is 11.9 Å². The molecule has 0 saturated heterocycles. The zero-order valence-corrected chi connectivity index (χ0v) is 10.5. The maximum absolute atomic E-state index is 12.8. The molecular formula is C11H10BrFN2O. The average molecular weight is 285 g/mol. The molecule has 16 heavy (non-hydrogen) atoms. The van der Waals surface area contributed by atoms with Crippen LogP contribution in [0.5, 0.6) is 0 Å². The first-order chi connectivity index (χ1) is 7.47. The number of hydrogen-bond acceptors (Lipinski definition) is 2. The summed E-state index contributed by atoms with van der Waals surface area (Å²) in [5.41, 5.74) is 0.339. The third kappa shape index (κ3) is 2.58. The predicted molar refractivity (Wildman–Crippen MR) is 61.3 cm³/mol. The molecule has 84 valence electrons. The van der Waals surface area contributed by atoms with Gasteiger partial charge in [0.25, 0.3) is 5.91 Å². The molecule has 1 unspecified atom stereocenters. The fourth-order valence-electron chi connectivity index (χ4n) is 1.12. The van der Waals surface area contributed by atoms with E-state index in [4.69, 9.17) is 5.26 Å². The van der Waals surface area contributed by atoms with Crippen molar-refractivity contribution in [2.75, 3.05) is 7.05 Å². The second-order valence-corrected chi connectivity index (χ2v) is 4.20. The molecule has 0 spiro atoms. The van der Waals surface area contributed by atoms with E-state index in [9.17, 15) is 9.18 Å². The lowest BCUT2D eigenvalue weighted by Gasteiger charge is -2.19. The topological polar surface area (TPSA) is 44.1 Å². The summed E-state index contributed by atoms with van der Waals surface area (Å²) >= 11 is 3.12. The molecule has 1 amide bonds. The monoisotopic (exact) mass is 284 g/mol. The molecule has 5 heteroatoms. The van der Waals surface area contributed by atoms with E-state index in [0.717, 1.165) is 0 Å². The molecule has 3 nitrogen and oxygen atoms in total. The fourth-order valence-corrected chi connectivity index (χ4v) is 1.64. The molecule has 0 radical (unpaired) electrons. The number of amides is 1. The zero-order chi connectivity index (χ0) is 12.3. The van der Waals surface area contributed by atoms with Gasteiger partial charge in [-0.25, -0.2) is 4.39 Å². The average Bonchev–Trinajstić information content (AvgIpc) is 2.26. The largest absolute Gasteiger partial charge is 0.326 e. The van der Waals surface area contributed by atoms with Crippen molar-refractivity contribution in [3.8, 4) is 6.07 Å². The molecule has 0 bridgehead atoms. The van der Waals surface area contributed by atoms with Crippen LogP contribution < -0.4 is 0 Å². The molecule has 0 saturated carbocycles. The molecule has 1 atom stereocenters. The minimum atomic E-state index is -0.524. The molecule has 0 aliphatic heterocycles. The van der Waals surface area contributed by atoms with Crippen LogP contribution in [0.1, 0.15) is 17.3 Å². The highest BCUT2D eigenvalue weighted by atomic mass is 79.9. The highest BCUT2D eigenvalue weighted by Crippen LogP contribution is 2.19. The maximum atomic E-state index is 12.8.